The van der Waals surface area contributed by atoms with E-state index in [1.165, 1.54) is 0 Å². The van der Waals surface area contributed by atoms with Crippen LogP contribution in [-0.4, -0.2) is 80.2 Å². The van der Waals surface area contributed by atoms with Crippen LogP contribution in [-0.2, 0) is 26.5 Å². The molecule has 0 unspecified atom stereocenters. The van der Waals surface area contributed by atoms with Gasteiger partial charge in [-0.3, -0.25) is 4.57 Å². The van der Waals surface area contributed by atoms with Crippen molar-refractivity contribution in [2.75, 3.05) is 13.2 Å². The molecule has 0 fully saturated rings. The van der Waals surface area contributed by atoms with Crippen LogP contribution in [0.5, 0.6) is 11.5 Å². The van der Waals surface area contributed by atoms with E-state index in [9.17, 15) is 4.57 Å². The lowest BCUT2D eigenvalue weighted by atomic mass is 10.1. The predicted molar refractivity (Wildman–Crippen MR) is 225 cm³/mol. The Morgan fingerprint density at radius 1 is 0.462 bits per heavy atom. The van der Waals surface area contributed by atoms with Crippen molar-refractivity contribution in [3.8, 4) is 11.5 Å². The van der Waals surface area contributed by atoms with Gasteiger partial charge >= 0.3 is 8.25 Å². The standard InChI is InChI=1S/C40H73N4O5P3/c1-29(2)41(30(3)4)50(42(31(5)6)32(7)8)48-39-23-19-17-21-37(39)25-27-46-52(45)47-28-26-38-22-18-20-24-40(38)49-51(43(33(9)10)34(11)12)44(35(13)14)36(15)16/h17-24,29-36,52H,25-28H2,1-16H3. The van der Waals surface area contributed by atoms with E-state index in [2.05, 4.69) is 142 Å². The quantitative estimate of drug-likeness (QED) is 0.0968. The van der Waals surface area contributed by atoms with Gasteiger partial charge in [0.2, 0.25) is 16.9 Å². The summed E-state index contributed by atoms with van der Waals surface area (Å²) in [6.45, 7) is 36.3. The molecule has 0 amide bonds. The molecule has 0 N–H and O–H groups in total. The zero-order chi connectivity index (χ0) is 39.3. The summed E-state index contributed by atoms with van der Waals surface area (Å²) in [6, 6.07) is 18.8. The highest BCUT2D eigenvalue weighted by molar-refractivity contribution is 7.48. The first-order chi connectivity index (χ1) is 24.4. The van der Waals surface area contributed by atoms with E-state index < -0.39 is 25.2 Å². The summed E-state index contributed by atoms with van der Waals surface area (Å²) in [6.07, 6.45) is 1.13. The third-order valence-electron chi connectivity index (χ3n) is 8.51. The van der Waals surface area contributed by atoms with Crippen molar-refractivity contribution in [1.29, 1.82) is 0 Å². The Balaban J connectivity index is 2.12. The normalized spacial score (nSPS) is 13.1. The minimum absolute atomic E-state index is 0.275. The second kappa shape index (κ2) is 23.1. The average molecular weight is 783 g/mol. The molecule has 0 heterocycles. The van der Waals surface area contributed by atoms with Crippen LogP contribution in [0.25, 0.3) is 0 Å². The highest BCUT2D eigenvalue weighted by Gasteiger charge is 2.37. The molecule has 12 heteroatoms. The van der Waals surface area contributed by atoms with E-state index in [0.717, 1.165) is 22.6 Å². The minimum Gasteiger partial charge on any atom is -0.444 e. The molecule has 0 atom stereocenters. The Morgan fingerprint density at radius 3 is 0.962 bits per heavy atom. The Hall–Kier alpha value is -1.11. The van der Waals surface area contributed by atoms with Crippen molar-refractivity contribution in [1.82, 2.24) is 18.7 Å². The fourth-order valence-electron chi connectivity index (χ4n) is 6.70. The summed E-state index contributed by atoms with van der Waals surface area (Å²) in [7, 11) is -4.89. The third kappa shape index (κ3) is 14.2. The van der Waals surface area contributed by atoms with Gasteiger partial charge in [-0.1, -0.05) is 36.4 Å². The fraction of sp³-hybridized carbons (Fsp3) is 0.700. The van der Waals surface area contributed by atoms with Crippen LogP contribution in [0.2, 0.25) is 0 Å². The van der Waals surface area contributed by atoms with Crippen molar-refractivity contribution >= 4 is 25.2 Å². The van der Waals surface area contributed by atoms with Crippen LogP contribution in [0.3, 0.4) is 0 Å². The third-order valence-corrected chi connectivity index (χ3v) is 15.4. The lowest BCUT2D eigenvalue weighted by molar-refractivity contribution is 0.221. The molecule has 0 bridgehead atoms. The van der Waals surface area contributed by atoms with E-state index in [1.807, 2.05) is 36.4 Å². The summed E-state index contributed by atoms with van der Waals surface area (Å²) in [5.74, 6) is 1.68. The van der Waals surface area contributed by atoms with E-state index in [0.29, 0.717) is 61.2 Å². The average Bonchev–Trinajstić information content (AvgIpc) is 3.01. The lowest BCUT2D eigenvalue weighted by Gasteiger charge is -2.45. The molecular formula is C40H73N4O5P3. The van der Waals surface area contributed by atoms with Crippen LogP contribution in [0.1, 0.15) is 122 Å². The van der Waals surface area contributed by atoms with E-state index in [1.54, 1.807) is 0 Å². The Labute approximate surface area is 321 Å². The second-order valence-corrected chi connectivity index (χ2v) is 19.9. The first kappa shape index (κ1) is 47.0. The molecule has 9 nitrogen and oxygen atoms in total. The monoisotopic (exact) mass is 782 g/mol. The first-order valence-corrected chi connectivity index (χ1v) is 23.0. The summed E-state index contributed by atoms with van der Waals surface area (Å²) in [5.41, 5.74) is 2.06. The number of rotatable bonds is 24. The van der Waals surface area contributed by atoms with Gasteiger partial charge in [-0.25, -0.2) is 18.7 Å². The van der Waals surface area contributed by atoms with Gasteiger partial charge in [0.1, 0.15) is 11.5 Å². The van der Waals surface area contributed by atoms with Crippen molar-refractivity contribution in [3.63, 3.8) is 0 Å². The van der Waals surface area contributed by atoms with Gasteiger partial charge in [0, 0.05) is 48.3 Å². The minimum atomic E-state index is -2.70. The number of nitrogens with zero attached hydrogens (tertiary/aromatic N) is 4. The zero-order valence-electron chi connectivity index (χ0n) is 35.3. The molecule has 0 spiro atoms. The van der Waals surface area contributed by atoms with Crippen molar-refractivity contribution in [3.05, 3.63) is 59.7 Å². The maximum atomic E-state index is 13.0. The van der Waals surface area contributed by atoms with Crippen LogP contribution in [0.15, 0.2) is 48.5 Å². The first-order valence-electron chi connectivity index (χ1n) is 19.4. The number of hydrogen-bond donors (Lipinski definition) is 0. The van der Waals surface area contributed by atoms with Crippen LogP contribution >= 0.6 is 25.2 Å². The van der Waals surface area contributed by atoms with Crippen LogP contribution in [0, 0.1) is 0 Å². The number of para-hydroxylation sites is 2. The molecule has 0 aliphatic rings. The van der Waals surface area contributed by atoms with E-state index in [4.69, 9.17) is 18.1 Å². The smallest absolute Gasteiger partial charge is 0.319 e. The topological polar surface area (TPSA) is 67.0 Å². The molecule has 52 heavy (non-hydrogen) atoms. The van der Waals surface area contributed by atoms with Crippen molar-refractivity contribution in [2.24, 2.45) is 0 Å². The fourth-order valence-corrected chi connectivity index (χ4v) is 12.0. The van der Waals surface area contributed by atoms with Gasteiger partial charge in [-0.2, -0.15) is 0 Å². The lowest BCUT2D eigenvalue weighted by Crippen LogP contribution is -2.44. The second-order valence-electron chi connectivity index (χ2n) is 15.6. The Kier molecular flexibility index (Phi) is 20.9. The Bertz CT molecular complexity index is 1160. The number of benzene rings is 2. The molecule has 0 saturated carbocycles. The van der Waals surface area contributed by atoms with Gasteiger partial charge in [-0.15, -0.1) is 0 Å². The molecule has 2 rings (SSSR count). The summed E-state index contributed by atoms with van der Waals surface area (Å²) < 4.78 is 48.3. The highest BCUT2D eigenvalue weighted by atomic mass is 31.2. The highest BCUT2D eigenvalue weighted by Crippen LogP contribution is 2.52. The van der Waals surface area contributed by atoms with Gasteiger partial charge in [0.15, 0.2) is 0 Å². The largest absolute Gasteiger partial charge is 0.444 e. The van der Waals surface area contributed by atoms with Crippen LogP contribution in [0.4, 0.5) is 0 Å². The maximum Gasteiger partial charge on any atom is 0.319 e. The maximum absolute atomic E-state index is 13.0. The van der Waals surface area contributed by atoms with Gasteiger partial charge in [0.25, 0.3) is 0 Å². The summed E-state index contributed by atoms with van der Waals surface area (Å²) >= 11 is 0. The molecule has 2 aromatic rings. The van der Waals surface area contributed by atoms with Crippen LogP contribution < -0.4 is 9.05 Å². The molecule has 298 valence electrons. The molecule has 0 radical (unpaired) electrons. The summed E-state index contributed by atoms with van der Waals surface area (Å²) in [5, 5.41) is 0. The number of hydrogen-bond acceptors (Lipinski definition) is 9. The van der Waals surface area contributed by atoms with E-state index in [-0.39, 0.29) is 13.2 Å². The molecule has 0 aliphatic carbocycles. The summed E-state index contributed by atoms with van der Waals surface area (Å²) in [4.78, 5) is 0. The zero-order valence-corrected chi connectivity index (χ0v) is 38.1. The molecular weight excluding hydrogens is 709 g/mol. The molecule has 0 aliphatic heterocycles. The van der Waals surface area contributed by atoms with Crippen molar-refractivity contribution < 1.29 is 22.7 Å². The van der Waals surface area contributed by atoms with Gasteiger partial charge in [-0.05, 0) is 147 Å². The molecule has 2 aromatic carbocycles. The SMILES string of the molecule is CC(C)N(C(C)C)P(Oc1ccccc1CCO[PH](=O)OCCc1ccccc1OP(N(C(C)C)C(C)C)N(C(C)C)C(C)C)N(C(C)C)C(C)C. The van der Waals surface area contributed by atoms with E-state index >= 15 is 0 Å². The molecule has 0 saturated heterocycles. The predicted octanol–water partition coefficient (Wildman–Crippen LogP) is 11.6. The molecule has 0 aromatic heterocycles. The Morgan fingerprint density at radius 2 is 0.712 bits per heavy atom. The van der Waals surface area contributed by atoms with Gasteiger partial charge in [0.05, 0.1) is 13.2 Å². The van der Waals surface area contributed by atoms with Crippen molar-refractivity contribution in [2.45, 2.75) is 172 Å². The van der Waals surface area contributed by atoms with Gasteiger partial charge < -0.3 is 18.1 Å².